The maximum atomic E-state index is 12.5. The summed E-state index contributed by atoms with van der Waals surface area (Å²) >= 11 is 0. The average molecular weight is 318 g/mol. The molecule has 0 bridgehead atoms. The molecular weight excluding hydrogens is 292 g/mol. The quantitative estimate of drug-likeness (QED) is 0.894. The minimum absolute atomic E-state index is 0.0260. The van der Waals surface area contributed by atoms with Crippen LogP contribution in [0, 0.1) is 6.92 Å². The number of aromatic nitrogens is 1. The molecule has 2 fully saturated rings. The molecule has 3 heterocycles. The molecule has 0 aromatic carbocycles. The summed E-state index contributed by atoms with van der Waals surface area (Å²) in [6, 6.07) is 2.06. The monoisotopic (exact) mass is 318 g/mol. The van der Waals surface area contributed by atoms with Gasteiger partial charge in [-0.25, -0.2) is 0 Å². The molecule has 2 aliphatic heterocycles. The lowest BCUT2D eigenvalue weighted by Gasteiger charge is -2.27. The molecule has 1 unspecified atom stereocenters. The smallest absolute Gasteiger partial charge is 0.225 e. The molecule has 3 rings (SSSR count). The number of amides is 1. The standard InChI is InChI=1S/C17H26N4O2/c1-14-12-18-4-3-16(14)20-6-2-7-21(9-8-20)17(22)11-15-13-19-5-10-23-15/h3-4,12,15,19H,2,5-11,13H2,1H3. The zero-order valence-corrected chi connectivity index (χ0v) is 13.8. The SMILES string of the molecule is Cc1cnccc1N1CCCN(C(=O)CC2CNCCO2)CC1. The van der Waals surface area contributed by atoms with Gasteiger partial charge in [-0.3, -0.25) is 9.78 Å². The van der Waals surface area contributed by atoms with Crippen LogP contribution in [-0.2, 0) is 9.53 Å². The van der Waals surface area contributed by atoms with Gasteiger partial charge in [0.25, 0.3) is 0 Å². The van der Waals surface area contributed by atoms with Crippen molar-refractivity contribution >= 4 is 11.6 Å². The number of hydrogen-bond donors (Lipinski definition) is 1. The maximum Gasteiger partial charge on any atom is 0.225 e. The van der Waals surface area contributed by atoms with Crippen LogP contribution < -0.4 is 10.2 Å². The Kier molecular flexibility index (Phi) is 5.46. The van der Waals surface area contributed by atoms with Gasteiger partial charge in [-0.2, -0.15) is 0 Å². The van der Waals surface area contributed by atoms with E-state index in [9.17, 15) is 4.79 Å². The Morgan fingerprint density at radius 1 is 1.39 bits per heavy atom. The van der Waals surface area contributed by atoms with Crippen molar-refractivity contribution in [1.82, 2.24) is 15.2 Å². The van der Waals surface area contributed by atoms with Crippen LogP contribution >= 0.6 is 0 Å². The lowest BCUT2D eigenvalue weighted by molar-refractivity contribution is -0.134. The van der Waals surface area contributed by atoms with Gasteiger partial charge >= 0.3 is 0 Å². The molecule has 1 atom stereocenters. The Morgan fingerprint density at radius 3 is 3.09 bits per heavy atom. The lowest BCUT2D eigenvalue weighted by Crippen LogP contribution is -2.43. The maximum absolute atomic E-state index is 12.5. The van der Waals surface area contributed by atoms with E-state index in [1.165, 1.54) is 11.3 Å². The molecule has 2 aliphatic rings. The molecule has 1 aromatic heterocycles. The van der Waals surface area contributed by atoms with Gasteiger partial charge in [0.05, 0.1) is 19.1 Å². The zero-order valence-electron chi connectivity index (χ0n) is 13.8. The zero-order chi connectivity index (χ0) is 16.1. The summed E-state index contributed by atoms with van der Waals surface area (Å²) in [4.78, 5) is 21.0. The van der Waals surface area contributed by atoms with Gasteiger partial charge in [-0.05, 0) is 25.0 Å². The third-order valence-electron chi connectivity index (χ3n) is 4.59. The first-order valence-electron chi connectivity index (χ1n) is 8.49. The molecule has 6 nitrogen and oxygen atoms in total. The highest BCUT2D eigenvalue weighted by Gasteiger charge is 2.24. The van der Waals surface area contributed by atoms with Crippen LogP contribution in [-0.4, -0.2) is 67.8 Å². The summed E-state index contributed by atoms with van der Waals surface area (Å²) in [7, 11) is 0. The summed E-state index contributed by atoms with van der Waals surface area (Å²) in [6.07, 6.45) is 5.25. The Balaban J connectivity index is 1.55. The summed E-state index contributed by atoms with van der Waals surface area (Å²) in [5.41, 5.74) is 2.42. The van der Waals surface area contributed by atoms with Gasteiger partial charge in [-0.15, -0.1) is 0 Å². The van der Waals surface area contributed by atoms with Gasteiger partial charge in [0.1, 0.15) is 0 Å². The van der Waals surface area contributed by atoms with Crippen molar-refractivity contribution in [2.45, 2.75) is 25.9 Å². The second kappa shape index (κ2) is 7.75. The highest BCUT2D eigenvalue weighted by Crippen LogP contribution is 2.20. The topological polar surface area (TPSA) is 57.7 Å². The molecule has 0 aliphatic carbocycles. The van der Waals surface area contributed by atoms with Gasteiger partial charge < -0.3 is 19.9 Å². The van der Waals surface area contributed by atoms with Crippen LogP contribution in [0.2, 0.25) is 0 Å². The molecule has 0 saturated carbocycles. The number of nitrogens with one attached hydrogen (secondary N) is 1. The molecule has 0 spiro atoms. The molecular formula is C17H26N4O2. The van der Waals surface area contributed by atoms with Crippen molar-refractivity contribution in [1.29, 1.82) is 0 Å². The molecule has 1 aromatic rings. The predicted octanol–water partition coefficient (Wildman–Crippen LogP) is 0.807. The van der Waals surface area contributed by atoms with Crippen LogP contribution in [0.3, 0.4) is 0 Å². The second-order valence-corrected chi connectivity index (χ2v) is 6.28. The molecule has 0 radical (unpaired) electrons. The molecule has 6 heteroatoms. The van der Waals surface area contributed by atoms with Crippen molar-refractivity contribution in [3.63, 3.8) is 0 Å². The minimum atomic E-state index is 0.0260. The number of pyridine rings is 1. The fourth-order valence-corrected chi connectivity index (χ4v) is 3.30. The van der Waals surface area contributed by atoms with Crippen LogP contribution in [0.5, 0.6) is 0 Å². The van der Waals surface area contributed by atoms with Crippen molar-refractivity contribution in [3.8, 4) is 0 Å². The van der Waals surface area contributed by atoms with E-state index in [1.54, 1.807) is 0 Å². The van der Waals surface area contributed by atoms with Gasteiger partial charge in [0.2, 0.25) is 5.91 Å². The van der Waals surface area contributed by atoms with Gasteiger partial charge in [0, 0.05) is 57.3 Å². The summed E-state index contributed by atoms with van der Waals surface area (Å²) in [5, 5.41) is 3.28. The van der Waals surface area contributed by atoms with E-state index in [0.717, 1.165) is 45.7 Å². The molecule has 2 saturated heterocycles. The largest absolute Gasteiger partial charge is 0.375 e. The number of rotatable bonds is 3. The van der Waals surface area contributed by atoms with E-state index in [0.29, 0.717) is 13.0 Å². The average Bonchev–Trinajstić information content (AvgIpc) is 2.82. The van der Waals surface area contributed by atoms with Gasteiger partial charge in [0.15, 0.2) is 0 Å². The van der Waals surface area contributed by atoms with Crippen LogP contribution in [0.25, 0.3) is 0 Å². The third-order valence-corrected chi connectivity index (χ3v) is 4.59. The lowest BCUT2D eigenvalue weighted by atomic mass is 10.2. The normalized spacial score (nSPS) is 22.7. The van der Waals surface area contributed by atoms with Crippen LogP contribution in [0.4, 0.5) is 5.69 Å². The van der Waals surface area contributed by atoms with Gasteiger partial charge in [-0.1, -0.05) is 0 Å². The van der Waals surface area contributed by atoms with Crippen LogP contribution in [0.15, 0.2) is 18.5 Å². The highest BCUT2D eigenvalue weighted by molar-refractivity contribution is 5.77. The predicted molar refractivity (Wildman–Crippen MR) is 89.6 cm³/mol. The molecule has 1 N–H and O–H groups in total. The van der Waals surface area contributed by atoms with Crippen molar-refractivity contribution in [2.24, 2.45) is 0 Å². The summed E-state index contributed by atoms with van der Waals surface area (Å²) < 4.78 is 5.65. The molecule has 23 heavy (non-hydrogen) atoms. The van der Waals surface area contributed by atoms with E-state index in [-0.39, 0.29) is 12.0 Å². The van der Waals surface area contributed by atoms with Crippen LogP contribution in [0.1, 0.15) is 18.4 Å². The Hall–Kier alpha value is -1.66. The number of carbonyl (C=O) groups is 1. The minimum Gasteiger partial charge on any atom is -0.375 e. The fraction of sp³-hybridized carbons (Fsp3) is 0.647. The first-order valence-corrected chi connectivity index (χ1v) is 8.49. The number of hydrogen-bond acceptors (Lipinski definition) is 5. The third kappa shape index (κ3) is 4.20. The first-order chi connectivity index (χ1) is 11.2. The van der Waals surface area contributed by atoms with E-state index in [1.807, 2.05) is 17.3 Å². The van der Waals surface area contributed by atoms with E-state index in [4.69, 9.17) is 4.74 Å². The summed E-state index contributed by atoms with van der Waals surface area (Å²) in [5.74, 6) is 0.215. The second-order valence-electron chi connectivity index (χ2n) is 6.28. The Labute approximate surface area is 137 Å². The summed E-state index contributed by atoms with van der Waals surface area (Å²) in [6.45, 7) is 7.92. The number of nitrogens with zero attached hydrogens (tertiary/aromatic N) is 3. The van der Waals surface area contributed by atoms with E-state index >= 15 is 0 Å². The fourth-order valence-electron chi connectivity index (χ4n) is 3.30. The Bertz CT molecular complexity index is 531. The number of ether oxygens (including phenoxy) is 1. The van der Waals surface area contributed by atoms with E-state index in [2.05, 4.69) is 28.2 Å². The first kappa shape index (κ1) is 16.2. The molecule has 126 valence electrons. The Morgan fingerprint density at radius 2 is 2.30 bits per heavy atom. The number of anilines is 1. The van der Waals surface area contributed by atoms with E-state index < -0.39 is 0 Å². The number of carbonyl (C=O) groups excluding carboxylic acids is 1. The molecule has 1 amide bonds. The number of morpholine rings is 1. The van der Waals surface area contributed by atoms with Crippen molar-refractivity contribution in [2.75, 3.05) is 50.8 Å². The number of aryl methyl sites for hydroxylation is 1. The highest BCUT2D eigenvalue weighted by atomic mass is 16.5. The van der Waals surface area contributed by atoms with Crippen molar-refractivity contribution in [3.05, 3.63) is 24.0 Å². The van der Waals surface area contributed by atoms with Crippen molar-refractivity contribution < 1.29 is 9.53 Å².